The zero-order valence-corrected chi connectivity index (χ0v) is 13.9. The van der Waals surface area contributed by atoms with E-state index in [0.29, 0.717) is 23.2 Å². The van der Waals surface area contributed by atoms with E-state index >= 15 is 0 Å². The molecule has 0 radical (unpaired) electrons. The normalized spacial score (nSPS) is 18.5. The topological polar surface area (TPSA) is 49.4 Å². The zero-order chi connectivity index (χ0) is 14.6. The van der Waals surface area contributed by atoms with E-state index in [1.165, 1.54) is 11.3 Å². The van der Waals surface area contributed by atoms with E-state index in [1.54, 1.807) is 10.4 Å². The lowest BCUT2D eigenvalue weighted by molar-refractivity contribution is 0.269. The van der Waals surface area contributed by atoms with Crippen molar-refractivity contribution in [1.29, 1.82) is 0 Å². The summed E-state index contributed by atoms with van der Waals surface area (Å²) in [5.41, 5.74) is 0. The predicted octanol–water partition coefficient (Wildman–Crippen LogP) is 2.32. The van der Waals surface area contributed by atoms with E-state index in [-0.39, 0.29) is 0 Å². The molecule has 1 aliphatic rings. The first-order valence-electron chi connectivity index (χ1n) is 7.31. The lowest BCUT2D eigenvalue weighted by Crippen LogP contribution is -2.37. The minimum Gasteiger partial charge on any atom is -0.319 e. The zero-order valence-electron chi connectivity index (χ0n) is 12.3. The molecular weight excluding hydrogens is 292 g/mol. The molecule has 0 aromatic carbocycles. The molecule has 0 atom stereocenters. The number of hydrogen-bond acceptors (Lipinski definition) is 4. The highest BCUT2D eigenvalue weighted by molar-refractivity contribution is 7.91. The third-order valence-corrected chi connectivity index (χ3v) is 7.51. The van der Waals surface area contributed by atoms with Crippen LogP contribution in [0, 0.1) is 5.92 Å². The van der Waals surface area contributed by atoms with E-state index in [1.807, 2.05) is 13.1 Å². The summed E-state index contributed by atoms with van der Waals surface area (Å²) in [5, 5.41) is 3.09. The Balaban J connectivity index is 2.04. The molecule has 1 N–H and O–H groups in total. The molecular formula is C14H24N2O2S2. The van der Waals surface area contributed by atoms with Gasteiger partial charge in [0.05, 0.1) is 0 Å². The molecule has 2 rings (SSSR count). The summed E-state index contributed by atoms with van der Waals surface area (Å²) in [7, 11) is -1.36. The van der Waals surface area contributed by atoms with Crippen LogP contribution in [0.25, 0.3) is 0 Å². The highest BCUT2D eigenvalue weighted by Crippen LogP contribution is 2.29. The van der Waals surface area contributed by atoms with Gasteiger partial charge in [0.1, 0.15) is 4.21 Å². The van der Waals surface area contributed by atoms with Gasteiger partial charge >= 0.3 is 0 Å². The molecule has 1 aromatic rings. The standard InChI is InChI=1S/C14H24N2O2S2/c1-3-12-7-10-16(11-8-12)20(17,18)14-5-4-13(19-14)6-9-15-2/h4-5,12,15H,3,6-11H2,1-2H3. The van der Waals surface area contributed by atoms with Gasteiger partial charge in [-0.3, -0.25) is 0 Å². The molecule has 0 spiro atoms. The van der Waals surface area contributed by atoms with Crippen molar-refractivity contribution < 1.29 is 8.42 Å². The van der Waals surface area contributed by atoms with Crippen LogP contribution in [0.3, 0.4) is 0 Å². The van der Waals surface area contributed by atoms with Gasteiger partial charge in [-0.2, -0.15) is 4.31 Å². The molecule has 0 aliphatic carbocycles. The first kappa shape index (κ1) is 15.9. The Labute approximate surface area is 126 Å². The second-order valence-corrected chi connectivity index (χ2v) is 8.66. The van der Waals surface area contributed by atoms with Crippen LogP contribution >= 0.6 is 11.3 Å². The van der Waals surface area contributed by atoms with Crippen molar-refractivity contribution in [3.63, 3.8) is 0 Å². The second-order valence-electron chi connectivity index (χ2n) is 5.33. The largest absolute Gasteiger partial charge is 0.319 e. The van der Waals surface area contributed by atoms with Crippen molar-refractivity contribution in [2.24, 2.45) is 5.92 Å². The minimum atomic E-state index is -3.27. The summed E-state index contributed by atoms with van der Waals surface area (Å²) in [6.07, 6.45) is 4.02. The number of hydrogen-bond donors (Lipinski definition) is 1. The smallest absolute Gasteiger partial charge is 0.252 e. The molecule has 1 aromatic heterocycles. The summed E-state index contributed by atoms with van der Waals surface area (Å²) in [6, 6.07) is 3.70. The summed E-state index contributed by atoms with van der Waals surface area (Å²) < 4.78 is 27.3. The number of piperidine rings is 1. The average Bonchev–Trinajstić information content (AvgIpc) is 2.94. The van der Waals surface area contributed by atoms with E-state index in [0.717, 1.165) is 37.1 Å². The quantitative estimate of drug-likeness (QED) is 0.876. The molecule has 1 fully saturated rings. The average molecular weight is 316 g/mol. The second kappa shape index (κ2) is 7.02. The summed E-state index contributed by atoms with van der Waals surface area (Å²) in [6.45, 7) is 4.40. The molecule has 1 saturated heterocycles. The SMILES string of the molecule is CCC1CCN(S(=O)(=O)c2ccc(CCNC)s2)CC1. The molecule has 0 unspecified atom stereocenters. The number of likely N-dealkylation sites (N-methyl/N-ethyl adjacent to an activating group) is 1. The van der Waals surface area contributed by atoms with Gasteiger partial charge < -0.3 is 5.32 Å². The molecule has 0 bridgehead atoms. The Hall–Kier alpha value is -0.430. The summed E-state index contributed by atoms with van der Waals surface area (Å²) in [4.78, 5) is 1.13. The van der Waals surface area contributed by atoms with Gasteiger partial charge in [-0.15, -0.1) is 11.3 Å². The predicted molar refractivity (Wildman–Crippen MR) is 83.7 cm³/mol. The first-order chi connectivity index (χ1) is 9.57. The number of nitrogens with one attached hydrogen (secondary N) is 1. The Morgan fingerprint density at radius 3 is 2.65 bits per heavy atom. The van der Waals surface area contributed by atoms with Crippen molar-refractivity contribution in [3.8, 4) is 0 Å². The maximum atomic E-state index is 12.6. The first-order valence-corrected chi connectivity index (χ1v) is 9.57. The van der Waals surface area contributed by atoms with Crippen LogP contribution in [0.4, 0.5) is 0 Å². The number of rotatable bonds is 6. The fourth-order valence-electron chi connectivity index (χ4n) is 2.56. The lowest BCUT2D eigenvalue weighted by atomic mass is 9.96. The van der Waals surface area contributed by atoms with E-state index < -0.39 is 10.0 Å². The lowest BCUT2D eigenvalue weighted by Gasteiger charge is -2.30. The van der Waals surface area contributed by atoms with Gasteiger partial charge in [-0.25, -0.2) is 8.42 Å². The Kier molecular flexibility index (Phi) is 5.60. The maximum absolute atomic E-state index is 12.6. The van der Waals surface area contributed by atoms with Crippen LogP contribution in [-0.2, 0) is 16.4 Å². The highest BCUT2D eigenvalue weighted by atomic mass is 32.2. The van der Waals surface area contributed by atoms with Gasteiger partial charge in [0.15, 0.2) is 0 Å². The maximum Gasteiger partial charge on any atom is 0.252 e. The fraction of sp³-hybridized carbons (Fsp3) is 0.714. The van der Waals surface area contributed by atoms with E-state index in [9.17, 15) is 8.42 Å². The summed E-state index contributed by atoms with van der Waals surface area (Å²) >= 11 is 1.41. The van der Waals surface area contributed by atoms with Crippen LogP contribution in [0.5, 0.6) is 0 Å². The molecule has 114 valence electrons. The molecule has 6 heteroatoms. The Bertz CT molecular complexity index is 517. The van der Waals surface area contributed by atoms with Crippen molar-refractivity contribution in [1.82, 2.24) is 9.62 Å². The van der Waals surface area contributed by atoms with Gasteiger partial charge in [0.2, 0.25) is 0 Å². The number of thiophene rings is 1. The van der Waals surface area contributed by atoms with Gasteiger partial charge in [-0.05, 0) is 50.9 Å². The molecule has 1 aliphatic heterocycles. The molecule has 2 heterocycles. The van der Waals surface area contributed by atoms with Crippen molar-refractivity contribution in [2.45, 2.75) is 36.8 Å². The van der Waals surface area contributed by atoms with Crippen LogP contribution in [0.15, 0.2) is 16.3 Å². The van der Waals surface area contributed by atoms with Crippen LogP contribution in [0.1, 0.15) is 31.1 Å². The number of nitrogens with zero attached hydrogens (tertiary/aromatic N) is 1. The van der Waals surface area contributed by atoms with Crippen LogP contribution < -0.4 is 5.32 Å². The minimum absolute atomic E-state index is 0.499. The van der Waals surface area contributed by atoms with Crippen LogP contribution in [-0.4, -0.2) is 39.4 Å². The van der Waals surface area contributed by atoms with E-state index in [2.05, 4.69) is 12.2 Å². The monoisotopic (exact) mass is 316 g/mol. The molecule has 4 nitrogen and oxygen atoms in total. The van der Waals surface area contributed by atoms with Gasteiger partial charge in [0, 0.05) is 18.0 Å². The van der Waals surface area contributed by atoms with Gasteiger partial charge in [0.25, 0.3) is 10.0 Å². The van der Waals surface area contributed by atoms with Gasteiger partial charge in [-0.1, -0.05) is 13.3 Å². The van der Waals surface area contributed by atoms with Crippen molar-refractivity contribution >= 4 is 21.4 Å². The Morgan fingerprint density at radius 2 is 2.05 bits per heavy atom. The van der Waals surface area contributed by atoms with E-state index in [4.69, 9.17) is 0 Å². The highest BCUT2D eigenvalue weighted by Gasteiger charge is 2.29. The third kappa shape index (κ3) is 3.61. The molecule has 20 heavy (non-hydrogen) atoms. The Morgan fingerprint density at radius 1 is 1.35 bits per heavy atom. The van der Waals surface area contributed by atoms with Crippen LogP contribution in [0.2, 0.25) is 0 Å². The number of sulfonamides is 1. The molecule has 0 saturated carbocycles. The fourth-order valence-corrected chi connectivity index (χ4v) is 5.54. The van der Waals surface area contributed by atoms with Crippen molar-refractivity contribution in [3.05, 3.63) is 17.0 Å². The van der Waals surface area contributed by atoms with Crippen molar-refractivity contribution in [2.75, 3.05) is 26.7 Å². The third-order valence-electron chi connectivity index (χ3n) is 4.00. The molecule has 0 amide bonds. The summed E-state index contributed by atoms with van der Waals surface area (Å²) in [5.74, 6) is 0.691.